The molecule has 13 atom stereocenters. The third-order valence-corrected chi connectivity index (χ3v) is 18.7. The number of para-hydroxylation sites is 2. The van der Waals surface area contributed by atoms with E-state index in [-0.39, 0.29) is 50.0 Å². The van der Waals surface area contributed by atoms with Crippen LogP contribution in [-0.2, 0) is 102 Å². The van der Waals surface area contributed by atoms with Crippen LogP contribution in [-0.4, -0.2) is 260 Å². The Balaban J connectivity index is 1.91. The molecule has 1 aliphatic heterocycles. The van der Waals surface area contributed by atoms with Crippen molar-refractivity contribution in [1.82, 2.24) is 79.4 Å². The lowest BCUT2D eigenvalue weighted by molar-refractivity contribution is -0.156. The van der Waals surface area contributed by atoms with E-state index in [9.17, 15) is 121 Å². The van der Waals surface area contributed by atoms with Gasteiger partial charge in [-0.05, 0) is 75.3 Å². The zero-order valence-corrected chi connectivity index (χ0v) is 66.8. The van der Waals surface area contributed by atoms with Gasteiger partial charge in [-0.15, -0.1) is 0 Å². The Morgan fingerprint density at radius 2 is 1.07 bits per heavy atom. The topological polar surface area (TPSA) is 764 Å². The van der Waals surface area contributed by atoms with E-state index in [1.165, 1.54) is 24.3 Å². The lowest BCUT2D eigenvalue weighted by atomic mass is 9.96. The number of aromatic nitrogens is 1. The van der Waals surface area contributed by atoms with Crippen molar-refractivity contribution in [2.45, 2.75) is 215 Å². The number of aliphatic hydroxyl groups is 1. The molecule has 664 valence electrons. The molecule has 2 aromatic carbocycles. The summed E-state index contributed by atoms with van der Waals surface area (Å²) in [6, 6.07) is -11.0. The number of carbonyl (C=O) groups excluding carboxylic acids is 16. The maximum atomic E-state index is 14.9. The zero-order chi connectivity index (χ0) is 90.2. The number of fused-ring (bicyclic) bond motifs is 1. The van der Waals surface area contributed by atoms with E-state index in [1.807, 2.05) is 10.6 Å². The van der Waals surface area contributed by atoms with Crippen LogP contribution in [0.2, 0.25) is 0 Å². The number of carboxylic acids is 4. The molecular weight excluding hydrogens is 1600 g/mol. The van der Waals surface area contributed by atoms with Gasteiger partial charge in [-0.1, -0.05) is 82.7 Å². The summed E-state index contributed by atoms with van der Waals surface area (Å²) in [5.41, 5.74) is 23.5. The first kappa shape index (κ1) is 99.9. The zero-order valence-electron chi connectivity index (χ0n) is 66.8. The number of primary amides is 1. The average molecular weight is 1710 g/mol. The lowest BCUT2D eigenvalue weighted by Crippen LogP contribution is -2.62. The largest absolute Gasteiger partial charge is 0.481 e. The molecule has 0 radical (unpaired) electrons. The summed E-state index contributed by atoms with van der Waals surface area (Å²) in [5.74, 6) is -30.7. The number of carbonyl (C=O) groups is 20. The van der Waals surface area contributed by atoms with E-state index >= 15 is 0 Å². The van der Waals surface area contributed by atoms with Crippen molar-refractivity contribution in [3.8, 4) is 0 Å². The molecule has 0 bridgehead atoms. The van der Waals surface area contributed by atoms with Gasteiger partial charge in [-0.2, -0.15) is 0 Å². The highest BCUT2D eigenvalue weighted by atomic mass is 16.5. The number of anilines is 1. The number of esters is 1. The van der Waals surface area contributed by atoms with Crippen molar-refractivity contribution in [1.29, 1.82) is 5.41 Å². The van der Waals surface area contributed by atoms with Gasteiger partial charge in [0.05, 0.1) is 51.8 Å². The van der Waals surface area contributed by atoms with E-state index in [0.29, 0.717) is 29.3 Å². The summed E-state index contributed by atoms with van der Waals surface area (Å²) < 4.78 is 5.70. The number of cyclic esters (lactones) is 1. The van der Waals surface area contributed by atoms with Gasteiger partial charge in [0.15, 0.2) is 11.7 Å². The quantitative estimate of drug-likeness (QED) is 0.00631. The predicted octanol–water partition coefficient (Wildman–Crippen LogP) is -6.38. The number of guanidine groups is 1. The van der Waals surface area contributed by atoms with Gasteiger partial charge in [0.1, 0.15) is 72.6 Å². The molecule has 0 saturated carbocycles. The Hall–Kier alpha value is -13.4. The Morgan fingerprint density at radius 3 is 1.66 bits per heavy atom. The molecule has 0 spiro atoms. The highest BCUT2D eigenvalue weighted by molar-refractivity contribution is 6.05. The molecule has 13 unspecified atom stereocenters. The molecule has 3 aromatic rings. The molecule has 0 aliphatic carbocycles. The Bertz CT molecular complexity index is 4240. The van der Waals surface area contributed by atoms with Gasteiger partial charge in [0.25, 0.3) is 0 Å². The monoisotopic (exact) mass is 1700 g/mol. The predicted molar refractivity (Wildman–Crippen MR) is 424 cm³/mol. The van der Waals surface area contributed by atoms with E-state index in [0.717, 1.165) is 46.0 Å². The maximum absolute atomic E-state index is 14.9. The van der Waals surface area contributed by atoms with Gasteiger partial charge in [-0.25, -0.2) is 4.79 Å². The number of aliphatic hydroxyl groups excluding tert-OH is 1. The molecule has 1 aromatic heterocycles. The molecule has 4 rings (SSSR count). The van der Waals surface area contributed by atoms with Crippen molar-refractivity contribution in [3.63, 3.8) is 0 Å². The maximum Gasteiger partial charge on any atom is 0.329 e. The number of hydrogen-bond acceptors (Lipinski definition) is 25. The number of ether oxygens (including phenoxy) is 1. The molecule has 46 nitrogen and oxygen atoms in total. The minimum atomic E-state index is -2.47. The summed E-state index contributed by atoms with van der Waals surface area (Å²) in [4.78, 5) is 279. The van der Waals surface area contributed by atoms with E-state index < -0.39 is 274 Å². The number of H-pyrrole nitrogens is 1. The third kappa shape index (κ3) is 35.3. The number of Topliss-reactive ketones (excluding diaryl/α,β-unsaturated/α-hetero) is 1. The molecule has 1 fully saturated rings. The fourth-order valence-corrected chi connectivity index (χ4v) is 12.4. The Kier molecular flexibility index (Phi) is 42.1. The molecule has 46 heteroatoms. The van der Waals surface area contributed by atoms with Crippen LogP contribution in [0.3, 0.4) is 0 Å². The summed E-state index contributed by atoms with van der Waals surface area (Å²) >= 11 is 0. The highest BCUT2D eigenvalue weighted by Crippen LogP contribution is 2.22. The number of unbranched alkanes of at least 4 members (excludes halogenated alkanes) is 6. The summed E-state index contributed by atoms with van der Waals surface area (Å²) in [6.45, 7) is -0.171. The Morgan fingerprint density at radius 1 is 0.554 bits per heavy atom. The van der Waals surface area contributed by atoms with Crippen molar-refractivity contribution < 1.29 is 126 Å². The molecule has 1 aliphatic rings. The first-order valence-electron chi connectivity index (χ1n) is 38.8. The van der Waals surface area contributed by atoms with Crippen molar-refractivity contribution >= 4 is 141 Å². The van der Waals surface area contributed by atoms with E-state index in [1.54, 1.807) is 30.5 Å². The minimum absolute atomic E-state index is 0.0255. The fourth-order valence-electron chi connectivity index (χ4n) is 12.4. The van der Waals surface area contributed by atoms with Crippen LogP contribution in [0, 0.1) is 11.3 Å². The van der Waals surface area contributed by atoms with Crippen LogP contribution in [0.15, 0.2) is 54.7 Å². The fraction of sp³-hybridized carbons (Fsp3) is 0.533. The standard InChI is InChI=1S/C75H108N20O26/c1-4-5-6-7-8-9-10-23-55(99)86-46(27-39-33-82-43-20-14-12-17-40(39)43)67(113)89-47(29-54(78)98)68(114)92-50(32-61(108)109)70(116)95-63-38(3)121-74(120)51(28-53(97)41-18-11-13-19-42(41)77)93-73(119)62(37(2)26-58(102)103)94-71(117)52(36-96)87-57(101)34-83-64(110)48(30-59(104)105)90-66(112)45(22-16-25-81-75(79)80)88-69(115)49(31-60(106)107)91-65(111)44(21-15-24-76)85-56(100)35-84-72(63)118/h11-14,17-20,33,37-38,44-52,62-63,82,96H,4-10,15-16,21-32,34-36,76-77H2,1-3H3,(H2,78,98)(H,83,110)(H,84,118)(H,85,100)(H,86,99)(H,87,101)(H,88,115)(H,89,113)(H,90,112)(H,91,111)(H,92,114)(H,93,119)(H,94,117)(H,95,116)(H,102,103)(H,104,105)(H,106,107)(H,108,109)(H4,79,80,81). The number of ketones is 1. The first-order valence-corrected chi connectivity index (χ1v) is 38.8. The number of rotatable bonds is 39. The lowest BCUT2D eigenvalue weighted by Gasteiger charge is -2.30. The van der Waals surface area contributed by atoms with Gasteiger partial charge in [-0.3, -0.25) is 96.5 Å². The number of aromatic amines is 1. The molecular formula is C75H108N20O26. The van der Waals surface area contributed by atoms with Gasteiger partial charge < -0.3 is 133 Å². The van der Waals surface area contributed by atoms with Crippen molar-refractivity contribution in [2.24, 2.45) is 23.1 Å². The number of carboxylic acid groups (broad SMARTS) is 4. The summed E-state index contributed by atoms with van der Waals surface area (Å²) in [7, 11) is 0. The number of amides is 14. The number of nitrogens with two attached hydrogens (primary N) is 4. The molecule has 1 saturated heterocycles. The highest BCUT2D eigenvalue weighted by Gasteiger charge is 2.41. The van der Waals surface area contributed by atoms with Crippen LogP contribution < -0.4 is 97.4 Å². The second-order valence-electron chi connectivity index (χ2n) is 28.6. The van der Waals surface area contributed by atoms with Crippen molar-refractivity contribution in [2.75, 3.05) is 38.5 Å². The second kappa shape index (κ2) is 51.0. The first-order chi connectivity index (χ1) is 57.2. The molecule has 29 N–H and O–H groups in total. The number of benzene rings is 2. The summed E-state index contributed by atoms with van der Waals surface area (Å²) in [6.07, 6.45) is -3.27. The number of nitrogens with one attached hydrogen (secondary N) is 16. The smallest absolute Gasteiger partial charge is 0.329 e. The molecule has 14 amide bonds. The number of nitrogen functional groups attached to an aromatic ring is 1. The van der Waals surface area contributed by atoms with Crippen LogP contribution in [0.4, 0.5) is 5.69 Å². The normalized spacial score (nSPS) is 20.7. The Labute approximate surface area is 692 Å². The minimum Gasteiger partial charge on any atom is -0.481 e. The molecule has 121 heavy (non-hydrogen) atoms. The van der Waals surface area contributed by atoms with Gasteiger partial charge >= 0.3 is 29.8 Å². The van der Waals surface area contributed by atoms with Crippen LogP contribution in [0.5, 0.6) is 0 Å². The van der Waals surface area contributed by atoms with Gasteiger partial charge in [0, 0.05) is 54.2 Å². The van der Waals surface area contributed by atoms with Crippen LogP contribution in [0.25, 0.3) is 10.9 Å². The van der Waals surface area contributed by atoms with E-state index in [4.69, 9.17) is 33.1 Å². The third-order valence-electron chi connectivity index (χ3n) is 18.7. The van der Waals surface area contributed by atoms with E-state index in [2.05, 4.69) is 75.7 Å². The van der Waals surface area contributed by atoms with Gasteiger partial charge in [0.2, 0.25) is 82.7 Å². The molecule has 2 heterocycles. The van der Waals surface area contributed by atoms with Crippen LogP contribution >= 0.6 is 0 Å². The van der Waals surface area contributed by atoms with Crippen LogP contribution in [0.1, 0.15) is 152 Å². The number of hydrogen-bond donors (Lipinski definition) is 25. The summed E-state index contributed by atoms with van der Waals surface area (Å²) in [5, 5.41) is 89.4. The average Bonchev–Trinajstić information content (AvgIpc) is 1.63. The second-order valence-corrected chi connectivity index (χ2v) is 28.6. The number of aliphatic carboxylic acids is 4. The van der Waals surface area contributed by atoms with Crippen molar-refractivity contribution in [3.05, 3.63) is 65.9 Å². The SMILES string of the molecule is CCCCCCCCCC(=O)NC(Cc1c[nH]c2ccccc12)C(=O)NC(CC(N)=O)C(=O)NC(CC(=O)O)C(=O)NC1C(=O)NCC(=O)NC(CCCN)C(=O)NC(CC(=O)O)C(=O)NC(CCCNC(=N)N)C(=O)NC(CC(=O)O)C(=O)NCC(=O)NC(CO)C(=O)NC(C(C)CC(=O)O)C(=O)NC(CC(=O)c2ccccc2N)C(=O)OC1C.